The molecule has 0 aliphatic heterocycles. The van der Waals surface area contributed by atoms with E-state index in [-0.39, 0.29) is 46.6 Å². The Balaban J connectivity index is 1.51. The Hall–Kier alpha value is -1.98. The molecule has 3 fully saturated rings. The monoisotopic (exact) mass is 644 g/mol. The van der Waals surface area contributed by atoms with Gasteiger partial charge < -0.3 is 31.9 Å². The van der Waals surface area contributed by atoms with Gasteiger partial charge in [-0.2, -0.15) is 0 Å². The molecule has 0 heterocycles. The first-order valence-corrected chi connectivity index (χ1v) is 17.9. The second kappa shape index (κ2) is 15.3. The lowest BCUT2D eigenvalue weighted by Crippen LogP contribution is -2.64. The number of amides is 1. The molecule has 4 rings (SSSR count). The summed E-state index contributed by atoms with van der Waals surface area (Å²) >= 11 is 1.40. The van der Waals surface area contributed by atoms with Crippen LogP contribution >= 0.6 is 11.8 Å². The van der Waals surface area contributed by atoms with Gasteiger partial charge in [-0.05, 0) is 93.1 Å². The van der Waals surface area contributed by atoms with Gasteiger partial charge in [0, 0.05) is 41.2 Å². The van der Waals surface area contributed by atoms with Crippen LogP contribution in [-0.4, -0.2) is 73.5 Å². The van der Waals surface area contributed by atoms with Gasteiger partial charge in [0.15, 0.2) is 0 Å². The number of nitrogens with one attached hydrogen (secondary N) is 2. The van der Waals surface area contributed by atoms with E-state index in [9.17, 15) is 19.5 Å². The number of ketones is 1. The number of carbonyl (C=O) groups excluding carboxylic acids is 3. The fraction of sp³-hybridized carbons (Fsp3) is 0.743. The molecule has 10 heteroatoms. The molecular formula is C35H56N4O5S. The summed E-state index contributed by atoms with van der Waals surface area (Å²) in [5.41, 5.74) is 10.8. The number of Topliss-reactive ketones (excluding diaryl/α,β-unsaturated/α-hetero) is 1. The summed E-state index contributed by atoms with van der Waals surface area (Å²) < 4.78 is 6.46. The number of esters is 1. The third-order valence-electron chi connectivity index (χ3n) is 11.6. The largest absolute Gasteiger partial charge is 0.461 e. The molecule has 3 saturated carbocycles. The average molecular weight is 645 g/mol. The van der Waals surface area contributed by atoms with Gasteiger partial charge in [0.05, 0.1) is 18.3 Å². The second-order valence-corrected chi connectivity index (χ2v) is 15.5. The number of aliphatic hydroxyl groups is 1. The molecule has 1 amide bonds. The first-order chi connectivity index (χ1) is 21.4. The number of rotatable bonds is 14. The van der Waals surface area contributed by atoms with Gasteiger partial charge in [-0.15, -0.1) is 11.8 Å². The van der Waals surface area contributed by atoms with Gasteiger partial charge in [0.25, 0.3) is 0 Å². The van der Waals surface area contributed by atoms with E-state index in [0.717, 1.165) is 49.1 Å². The molecule has 3 aliphatic carbocycles. The minimum absolute atomic E-state index is 0.0390. The van der Waals surface area contributed by atoms with Crippen LogP contribution in [0.15, 0.2) is 29.2 Å². The van der Waals surface area contributed by atoms with Gasteiger partial charge in [-0.3, -0.25) is 14.4 Å². The Bertz CT molecular complexity index is 1180. The zero-order chi connectivity index (χ0) is 32.8. The van der Waals surface area contributed by atoms with Crippen LogP contribution in [0.4, 0.5) is 0 Å². The van der Waals surface area contributed by atoms with Crippen LogP contribution < -0.4 is 22.1 Å². The van der Waals surface area contributed by atoms with E-state index >= 15 is 0 Å². The van der Waals surface area contributed by atoms with Crippen LogP contribution in [0.1, 0.15) is 78.2 Å². The zero-order valence-corrected chi connectivity index (χ0v) is 28.6. The number of nitrogens with two attached hydrogens (primary N) is 2. The molecular weight excluding hydrogens is 588 g/mol. The van der Waals surface area contributed by atoms with Crippen molar-refractivity contribution in [1.82, 2.24) is 10.6 Å². The summed E-state index contributed by atoms with van der Waals surface area (Å²) in [6.45, 7) is 11.7. The number of benzene rings is 1. The van der Waals surface area contributed by atoms with E-state index < -0.39 is 23.0 Å². The van der Waals surface area contributed by atoms with Crippen LogP contribution in [0, 0.1) is 34.0 Å². The van der Waals surface area contributed by atoms with Crippen LogP contribution in [0.5, 0.6) is 0 Å². The zero-order valence-electron chi connectivity index (χ0n) is 27.7. The van der Waals surface area contributed by atoms with E-state index in [2.05, 4.69) is 38.3 Å². The van der Waals surface area contributed by atoms with E-state index in [1.807, 2.05) is 24.3 Å². The molecule has 0 saturated heterocycles. The smallest absolute Gasteiger partial charge is 0.316 e. The van der Waals surface area contributed by atoms with Crippen molar-refractivity contribution in [2.75, 3.05) is 38.5 Å². The maximum absolute atomic E-state index is 13.7. The topological polar surface area (TPSA) is 157 Å². The number of hydrogen-bond donors (Lipinski definition) is 5. The minimum atomic E-state index is -0.647. The Labute approximate surface area is 273 Å². The molecule has 2 bridgehead atoms. The first kappa shape index (κ1) is 35.9. The van der Waals surface area contributed by atoms with Crippen molar-refractivity contribution in [3.8, 4) is 0 Å². The van der Waals surface area contributed by atoms with Crippen molar-refractivity contribution < 1.29 is 24.2 Å². The van der Waals surface area contributed by atoms with Crippen molar-refractivity contribution in [3.05, 3.63) is 29.8 Å². The highest BCUT2D eigenvalue weighted by Gasteiger charge is 2.68. The lowest BCUT2D eigenvalue weighted by atomic mass is 9.44. The van der Waals surface area contributed by atoms with Crippen molar-refractivity contribution in [3.63, 3.8) is 0 Å². The Morgan fingerprint density at radius 2 is 1.76 bits per heavy atom. The maximum Gasteiger partial charge on any atom is 0.316 e. The van der Waals surface area contributed by atoms with Gasteiger partial charge in [-0.25, -0.2) is 0 Å². The highest BCUT2D eigenvalue weighted by atomic mass is 32.2. The number of aliphatic hydroxyl groups excluding tert-OH is 1. The summed E-state index contributed by atoms with van der Waals surface area (Å²) in [7, 11) is 0. The van der Waals surface area contributed by atoms with E-state index in [1.54, 1.807) is 0 Å². The van der Waals surface area contributed by atoms with Crippen LogP contribution in [0.25, 0.3) is 0 Å². The predicted octanol–water partition coefficient (Wildman–Crippen LogP) is 3.45. The molecule has 7 N–H and O–H groups in total. The molecule has 0 radical (unpaired) electrons. The highest BCUT2D eigenvalue weighted by molar-refractivity contribution is 8.00. The first-order valence-electron chi connectivity index (χ1n) is 16.9. The Morgan fingerprint density at radius 3 is 2.44 bits per heavy atom. The second-order valence-electron chi connectivity index (χ2n) is 14.4. The molecule has 3 aliphatic rings. The molecule has 9 nitrogen and oxygen atoms in total. The lowest BCUT2D eigenvalue weighted by Gasteiger charge is -2.62. The SMILES string of the molecule is C[C@@H]1CC[C@@]23CCC(=O)[C@H]2[C@]1(C)C(OC(=O)CSc1ccc(CC(=O)NCCCN)cc1)C[C@](C)(CNCCCN)[C@@H](O)[C@@H]3C. The van der Waals surface area contributed by atoms with Crippen molar-refractivity contribution in [2.24, 2.45) is 45.5 Å². The van der Waals surface area contributed by atoms with Crippen molar-refractivity contribution in [2.45, 2.75) is 96.2 Å². The summed E-state index contributed by atoms with van der Waals surface area (Å²) in [4.78, 5) is 40.3. The number of hydrogen-bond acceptors (Lipinski definition) is 9. The van der Waals surface area contributed by atoms with Gasteiger partial charge in [0.2, 0.25) is 5.91 Å². The third-order valence-corrected chi connectivity index (χ3v) is 12.6. The molecule has 1 aromatic carbocycles. The predicted molar refractivity (Wildman–Crippen MR) is 179 cm³/mol. The third kappa shape index (κ3) is 7.61. The maximum atomic E-state index is 13.7. The fourth-order valence-corrected chi connectivity index (χ4v) is 9.43. The average Bonchev–Trinajstić information content (AvgIpc) is 3.37. The standard InChI is InChI=1S/C35H56N4O5S/c1-23-11-13-35-14-12-27(40)31(35)34(23,4)28(20-33(3,32(43)24(35)2)22-38-17-5-15-36)44-30(42)21-45-26-9-7-25(8-10-26)19-29(41)39-18-6-16-37/h7-10,23-24,28,31-32,38,43H,5-6,11-22,36-37H2,1-4H3,(H,39,41)/t23-,24+,28?,31+,32+,33-,34+,35+/m1/s1. The molecule has 0 spiro atoms. The molecule has 1 unspecified atom stereocenters. The van der Waals surface area contributed by atoms with E-state index in [0.29, 0.717) is 45.4 Å². The molecule has 1 aromatic rings. The molecule has 8 atom stereocenters. The number of thioether (sulfide) groups is 1. The quantitative estimate of drug-likeness (QED) is 0.116. The molecule has 45 heavy (non-hydrogen) atoms. The van der Waals surface area contributed by atoms with Gasteiger partial charge in [-0.1, -0.05) is 39.8 Å². The Kier molecular flexibility index (Phi) is 12.2. The summed E-state index contributed by atoms with van der Waals surface area (Å²) in [5, 5.41) is 18.4. The van der Waals surface area contributed by atoms with E-state index in [1.165, 1.54) is 11.8 Å². The lowest BCUT2D eigenvalue weighted by molar-refractivity contribution is -0.210. The van der Waals surface area contributed by atoms with Crippen LogP contribution in [0.3, 0.4) is 0 Å². The fourth-order valence-electron chi connectivity index (χ4n) is 8.75. The minimum Gasteiger partial charge on any atom is -0.461 e. The van der Waals surface area contributed by atoms with E-state index in [4.69, 9.17) is 16.2 Å². The molecule has 252 valence electrons. The number of ether oxygens (including phenoxy) is 1. The summed E-state index contributed by atoms with van der Waals surface area (Å²) in [5.74, 6) is -0.0501. The summed E-state index contributed by atoms with van der Waals surface area (Å²) in [6, 6.07) is 7.67. The summed E-state index contributed by atoms with van der Waals surface area (Å²) in [6.07, 6.45) is 4.39. The van der Waals surface area contributed by atoms with Gasteiger partial charge >= 0.3 is 5.97 Å². The van der Waals surface area contributed by atoms with Gasteiger partial charge in [0.1, 0.15) is 11.9 Å². The van der Waals surface area contributed by atoms with Crippen molar-refractivity contribution >= 4 is 29.4 Å². The molecule has 0 aromatic heterocycles. The Morgan fingerprint density at radius 1 is 1.07 bits per heavy atom. The van der Waals surface area contributed by atoms with Crippen LogP contribution in [0.2, 0.25) is 0 Å². The number of carbonyl (C=O) groups is 3. The highest BCUT2D eigenvalue weighted by Crippen LogP contribution is 2.67. The van der Waals surface area contributed by atoms with Crippen LogP contribution in [-0.2, 0) is 25.5 Å². The van der Waals surface area contributed by atoms with Crippen molar-refractivity contribution in [1.29, 1.82) is 0 Å². The normalized spacial score (nSPS) is 34.5.